The third-order valence-corrected chi connectivity index (χ3v) is 3.24. The van der Waals surface area contributed by atoms with Gasteiger partial charge >= 0.3 is 0 Å². The molecule has 0 saturated heterocycles. The summed E-state index contributed by atoms with van der Waals surface area (Å²) in [5.74, 6) is 0.598. The van der Waals surface area contributed by atoms with Gasteiger partial charge in [0, 0.05) is 5.03 Å². The Bertz CT molecular complexity index is 244. The number of hydrogen-bond acceptors (Lipinski definition) is 0. The third-order valence-electron chi connectivity index (χ3n) is 2.72. The van der Waals surface area contributed by atoms with Crippen molar-refractivity contribution in [3.63, 3.8) is 0 Å². The van der Waals surface area contributed by atoms with Gasteiger partial charge in [-0.3, -0.25) is 0 Å². The van der Waals surface area contributed by atoms with Crippen LogP contribution in [-0.4, -0.2) is 0 Å². The summed E-state index contributed by atoms with van der Waals surface area (Å²) in [4.78, 5) is 0. The molecule has 68 valence electrons. The number of allylic oxidation sites excluding steroid dienone is 4. The van der Waals surface area contributed by atoms with Gasteiger partial charge in [0.1, 0.15) is 0 Å². The molecule has 0 heterocycles. The van der Waals surface area contributed by atoms with E-state index in [0.717, 1.165) is 11.5 Å². The van der Waals surface area contributed by atoms with Crippen LogP contribution < -0.4 is 0 Å². The summed E-state index contributed by atoms with van der Waals surface area (Å²) < 4.78 is 0. The normalized spacial score (nSPS) is 19.5. The van der Waals surface area contributed by atoms with Crippen LogP contribution in [0.5, 0.6) is 0 Å². The monoisotopic (exact) mass is 184 g/mol. The molecule has 0 N–H and O–H groups in total. The van der Waals surface area contributed by atoms with Gasteiger partial charge in [-0.1, -0.05) is 31.0 Å². The summed E-state index contributed by atoms with van der Waals surface area (Å²) in [5, 5.41) is 1.02. The Morgan fingerprint density at radius 2 is 1.75 bits per heavy atom. The quantitative estimate of drug-likeness (QED) is 0.571. The fourth-order valence-corrected chi connectivity index (χ4v) is 2.06. The SMILES string of the molecule is CC1=C(C)C(Cl)=C(C(C)C)CC1. The van der Waals surface area contributed by atoms with Crippen LogP contribution >= 0.6 is 11.6 Å². The van der Waals surface area contributed by atoms with Gasteiger partial charge in [-0.15, -0.1) is 0 Å². The summed E-state index contributed by atoms with van der Waals surface area (Å²) >= 11 is 6.24. The lowest BCUT2D eigenvalue weighted by Crippen LogP contribution is -2.04. The molecular formula is C11H17Cl. The van der Waals surface area contributed by atoms with Crippen molar-refractivity contribution >= 4 is 11.6 Å². The average molecular weight is 185 g/mol. The number of halogens is 1. The van der Waals surface area contributed by atoms with Crippen LogP contribution in [0.4, 0.5) is 0 Å². The summed E-state index contributed by atoms with van der Waals surface area (Å²) in [7, 11) is 0. The van der Waals surface area contributed by atoms with Crippen LogP contribution in [0.3, 0.4) is 0 Å². The van der Waals surface area contributed by atoms with E-state index < -0.39 is 0 Å². The van der Waals surface area contributed by atoms with Crippen molar-refractivity contribution in [2.75, 3.05) is 0 Å². The standard InChI is InChI=1S/C11H17Cl/c1-7(2)10-6-5-8(3)9(4)11(10)12/h7H,5-6H2,1-4H3. The molecule has 1 aliphatic carbocycles. The van der Waals surface area contributed by atoms with Gasteiger partial charge in [-0.25, -0.2) is 0 Å². The Hall–Kier alpha value is -0.230. The molecule has 0 aliphatic heterocycles. The number of hydrogen-bond donors (Lipinski definition) is 0. The summed E-state index contributed by atoms with van der Waals surface area (Å²) in [5.41, 5.74) is 4.18. The Kier molecular flexibility index (Phi) is 3.00. The van der Waals surface area contributed by atoms with E-state index in [1.165, 1.54) is 23.1 Å². The molecule has 0 bridgehead atoms. The molecule has 0 fully saturated rings. The van der Waals surface area contributed by atoms with Gasteiger partial charge in [0.05, 0.1) is 0 Å². The van der Waals surface area contributed by atoms with E-state index in [0.29, 0.717) is 5.92 Å². The molecular weight excluding hydrogens is 168 g/mol. The van der Waals surface area contributed by atoms with Crippen molar-refractivity contribution in [2.24, 2.45) is 5.92 Å². The molecule has 12 heavy (non-hydrogen) atoms. The second-order valence-electron chi connectivity index (χ2n) is 3.90. The highest BCUT2D eigenvalue weighted by molar-refractivity contribution is 6.32. The fourth-order valence-electron chi connectivity index (χ4n) is 1.59. The first-order valence-electron chi connectivity index (χ1n) is 4.59. The Labute approximate surface area is 80.3 Å². The maximum atomic E-state index is 6.24. The van der Waals surface area contributed by atoms with Crippen LogP contribution in [0.15, 0.2) is 21.8 Å². The van der Waals surface area contributed by atoms with E-state index in [2.05, 4.69) is 27.7 Å². The van der Waals surface area contributed by atoms with E-state index in [9.17, 15) is 0 Å². The van der Waals surface area contributed by atoms with Crippen LogP contribution in [-0.2, 0) is 0 Å². The van der Waals surface area contributed by atoms with E-state index in [4.69, 9.17) is 11.6 Å². The molecule has 0 atom stereocenters. The molecule has 1 heteroatoms. The molecule has 0 aromatic heterocycles. The van der Waals surface area contributed by atoms with Gasteiger partial charge in [0.25, 0.3) is 0 Å². The minimum atomic E-state index is 0.598. The molecule has 1 aliphatic rings. The predicted octanol–water partition coefficient (Wildman–Crippen LogP) is 4.27. The zero-order valence-electron chi connectivity index (χ0n) is 8.37. The number of rotatable bonds is 1. The second-order valence-corrected chi connectivity index (χ2v) is 4.28. The minimum Gasteiger partial charge on any atom is -0.0841 e. The third kappa shape index (κ3) is 1.74. The van der Waals surface area contributed by atoms with Crippen molar-refractivity contribution in [3.05, 3.63) is 21.8 Å². The van der Waals surface area contributed by atoms with Gasteiger partial charge < -0.3 is 0 Å². The topological polar surface area (TPSA) is 0 Å². The summed E-state index contributed by atoms with van der Waals surface area (Å²) in [6.45, 7) is 8.73. The van der Waals surface area contributed by atoms with E-state index in [1.54, 1.807) is 0 Å². The lowest BCUT2D eigenvalue weighted by Gasteiger charge is -2.21. The van der Waals surface area contributed by atoms with Gasteiger partial charge in [0.2, 0.25) is 0 Å². The lowest BCUT2D eigenvalue weighted by atomic mass is 9.88. The van der Waals surface area contributed by atoms with Crippen molar-refractivity contribution in [1.82, 2.24) is 0 Å². The maximum Gasteiger partial charge on any atom is 0.0429 e. The van der Waals surface area contributed by atoms with Crippen LogP contribution in [0.2, 0.25) is 0 Å². The van der Waals surface area contributed by atoms with Crippen molar-refractivity contribution < 1.29 is 0 Å². The van der Waals surface area contributed by atoms with Crippen molar-refractivity contribution in [3.8, 4) is 0 Å². The molecule has 0 nitrogen and oxygen atoms in total. The van der Waals surface area contributed by atoms with E-state index in [-0.39, 0.29) is 0 Å². The Balaban J connectivity index is 3.03. The Morgan fingerprint density at radius 3 is 2.25 bits per heavy atom. The zero-order chi connectivity index (χ0) is 9.30. The average Bonchev–Trinajstić information content (AvgIpc) is 2.00. The van der Waals surface area contributed by atoms with Crippen molar-refractivity contribution in [2.45, 2.75) is 40.5 Å². The highest BCUT2D eigenvalue weighted by atomic mass is 35.5. The summed E-state index contributed by atoms with van der Waals surface area (Å²) in [6, 6.07) is 0. The minimum absolute atomic E-state index is 0.598. The molecule has 0 spiro atoms. The van der Waals surface area contributed by atoms with Crippen LogP contribution in [0, 0.1) is 5.92 Å². The zero-order valence-corrected chi connectivity index (χ0v) is 9.13. The highest BCUT2D eigenvalue weighted by Gasteiger charge is 2.16. The van der Waals surface area contributed by atoms with Crippen LogP contribution in [0.25, 0.3) is 0 Å². The smallest absolute Gasteiger partial charge is 0.0429 e. The molecule has 0 aromatic rings. The molecule has 0 aromatic carbocycles. The molecule has 0 unspecified atom stereocenters. The lowest BCUT2D eigenvalue weighted by molar-refractivity contribution is 0.691. The molecule has 0 radical (unpaired) electrons. The van der Waals surface area contributed by atoms with Crippen molar-refractivity contribution in [1.29, 1.82) is 0 Å². The largest absolute Gasteiger partial charge is 0.0841 e. The first kappa shape index (κ1) is 9.85. The van der Waals surface area contributed by atoms with Crippen LogP contribution in [0.1, 0.15) is 40.5 Å². The second kappa shape index (κ2) is 3.66. The Morgan fingerprint density at radius 1 is 1.17 bits per heavy atom. The van der Waals surface area contributed by atoms with Gasteiger partial charge in [-0.2, -0.15) is 0 Å². The molecule has 0 amide bonds. The predicted molar refractivity (Wildman–Crippen MR) is 55.3 cm³/mol. The first-order chi connectivity index (χ1) is 5.54. The van der Waals surface area contributed by atoms with Gasteiger partial charge in [-0.05, 0) is 43.8 Å². The highest BCUT2D eigenvalue weighted by Crippen LogP contribution is 2.35. The summed E-state index contributed by atoms with van der Waals surface area (Å²) in [6.07, 6.45) is 2.34. The first-order valence-corrected chi connectivity index (χ1v) is 4.97. The molecule has 0 saturated carbocycles. The van der Waals surface area contributed by atoms with E-state index in [1.807, 2.05) is 0 Å². The maximum absolute atomic E-state index is 6.24. The van der Waals surface area contributed by atoms with Gasteiger partial charge in [0.15, 0.2) is 0 Å². The fraction of sp³-hybridized carbons (Fsp3) is 0.636. The molecule has 1 rings (SSSR count). The van der Waals surface area contributed by atoms with E-state index >= 15 is 0 Å².